The Kier molecular flexibility index (Phi) is 17.5. The second kappa shape index (κ2) is 24.3. The first-order valence-electron chi connectivity index (χ1n) is 24.4. The van der Waals surface area contributed by atoms with Gasteiger partial charge in [-0.25, -0.2) is 4.79 Å². The number of hydrogen-bond acceptors (Lipinski definition) is 11. The summed E-state index contributed by atoms with van der Waals surface area (Å²) in [5, 5.41) is 27.0. The van der Waals surface area contributed by atoms with Crippen LogP contribution in [0.3, 0.4) is 0 Å². The lowest BCUT2D eigenvalue weighted by Crippen LogP contribution is -2.70. The van der Waals surface area contributed by atoms with Gasteiger partial charge in [0, 0.05) is 36.0 Å². The average Bonchev–Trinajstić information content (AvgIpc) is 3.38. The molecule has 1 aliphatic heterocycles. The van der Waals surface area contributed by atoms with Crippen molar-refractivity contribution in [2.45, 2.75) is 87.7 Å². The molecule has 0 radical (unpaired) electrons. The quantitative estimate of drug-likeness (QED) is 0.0267. The number of oxime groups is 1. The Bertz CT molecular complexity index is 2530. The molecule has 2 N–H and O–H groups in total. The fraction of sp³-hybridized carbons (Fsp3) is 0.404. The van der Waals surface area contributed by atoms with Gasteiger partial charge in [-0.1, -0.05) is 103 Å². The number of hydrogen-bond donors (Lipinski definition) is 2. The number of aliphatic hydroxyl groups excluding tert-OH is 2. The number of carbonyl (C=O) groups is 1. The molecule has 1 saturated carbocycles. The molecular formula is C57H66N2O9S. The summed E-state index contributed by atoms with van der Waals surface area (Å²) in [6.45, 7) is 7.48. The Morgan fingerprint density at radius 1 is 0.899 bits per heavy atom. The smallest absolute Gasteiger partial charge is 0.410 e. The zero-order valence-corrected chi connectivity index (χ0v) is 40.7. The van der Waals surface area contributed by atoms with E-state index >= 15 is 4.79 Å². The first-order chi connectivity index (χ1) is 33.9. The summed E-state index contributed by atoms with van der Waals surface area (Å²) in [5.74, 6) is -0.0541. The molecule has 1 fully saturated rings. The van der Waals surface area contributed by atoms with Crippen LogP contribution in [-0.4, -0.2) is 84.6 Å². The van der Waals surface area contributed by atoms with Gasteiger partial charge in [0.15, 0.2) is 0 Å². The van der Waals surface area contributed by atoms with Gasteiger partial charge in [0.1, 0.15) is 36.5 Å². The monoisotopic (exact) mass is 954 g/mol. The number of unbranched alkanes of at least 4 members (excludes halogenated alkanes) is 2. The van der Waals surface area contributed by atoms with Gasteiger partial charge in [0.25, 0.3) is 0 Å². The molecule has 0 spiro atoms. The third-order valence-electron chi connectivity index (χ3n) is 13.6. The lowest BCUT2D eigenvalue weighted by atomic mass is 9.55. The lowest BCUT2D eigenvalue weighted by molar-refractivity contribution is -0.256. The number of amides is 1. The van der Waals surface area contributed by atoms with Crippen LogP contribution in [0.2, 0.25) is 0 Å². The van der Waals surface area contributed by atoms with E-state index in [1.54, 1.807) is 22.7 Å². The van der Waals surface area contributed by atoms with Crippen molar-refractivity contribution < 1.29 is 43.5 Å². The van der Waals surface area contributed by atoms with Gasteiger partial charge in [-0.05, 0) is 121 Å². The number of fused-ring (bicyclic) bond motifs is 3. The van der Waals surface area contributed by atoms with Crippen molar-refractivity contribution in [2.75, 3.05) is 45.9 Å². The summed E-state index contributed by atoms with van der Waals surface area (Å²) >= 11 is 1.68. The van der Waals surface area contributed by atoms with E-state index < -0.39 is 23.8 Å². The maximum Gasteiger partial charge on any atom is 0.410 e. The van der Waals surface area contributed by atoms with E-state index in [9.17, 15) is 10.2 Å². The number of carbonyl (C=O) groups excluding carboxylic acids is 1. The van der Waals surface area contributed by atoms with Crippen LogP contribution < -0.4 is 9.47 Å². The van der Waals surface area contributed by atoms with Crippen LogP contribution in [0.5, 0.6) is 17.2 Å². The minimum Gasteiger partial charge on any atom is -0.459 e. The predicted octanol–water partition coefficient (Wildman–Crippen LogP) is 11.9. The SMILES string of the molecule is C=CCOC12Oc3ccc(Oc4ccc(SC)cc4)cc3C3C(CCCCO)C(CCCCO)C=C(C(=NOCC)CC1N(Cc1cccc4ccccc14)C(=O)OCCOCc1ccccc1)C32. The Morgan fingerprint density at radius 3 is 2.42 bits per heavy atom. The number of aliphatic hydroxyl groups is 2. The predicted molar refractivity (Wildman–Crippen MR) is 272 cm³/mol. The lowest BCUT2D eigenvalue weighted by Gasteiger charge is -2.59. The van der Waals surface area contributed by atoms with Gasteiger partial charge < -0.3 is 38.7 Å². The van der Waals surface area contributed by atoms with Crippen molar-refractivity contribution in [3.63, 3.8) is 0 Å². The van der Waals surface area contributed by atoms with Crippen molar-refractivity contribution in [2.24, 2.45) is 22.9 Å². The van der Waals surface area contributed by atoms with Gasteiger partial charge in [-0.2, -0.15) is 0 Å². The molecule has 364 valence electrons. The number of rotatable bonds is 24. The highest BCUT2D eigenvalue weighted by Gasteiger charge is 2.65. The second-order valence-corrected chi connectivity index (χ2v) is 18.8. The number of thioether (sulfide) groups is 1. The van der Waals surface area contributed by atoms with Crippen LogP contribution >= 0.6 is 11.8 Å². The molecule has 0 aromatic heterocycles. The topological polar surface area (TPSA) is 129 Å². The fourth-order valence-corrected chi connectivity index (χ4v) is 11.0. The van der Waals surface area contributed by atoms with Crippen molar-refractivity contribution in [3.05, 3.63) is 156 Å². The Labute approximate surface area is 411 Å². The largest absolute Gasteiger partial charge is 0.459 e. The van der Waals surface area contributed by atoms with Crippen LogP contribution in [0, 0.1) is 17.8 Å². The molecule has 1 heterocycles. The Balaban J connectivity index is 1.28. The summed E-state index contributed by atoms with van der Waals surface area (Å²) in [6, 6.07) is 37.5. The van der Waals surface area contributed by atoms with E-state index in [-0.39, 0.29) is 63.8 Å². The highest BCUT2D eigenvalue weighted by Crippen LogP contribution is 2.62. The van der Waals surface area contributed by atoms with Crippen LogP contribution in [0.1, 0.15) is 74.5 Å². The summed E-state index contributed by atoms with van der Waals surface area (Å²) in [5.41, 5.74) is 4.60. The van der Waals surface area contributed by atoms with Gasteiger partial charge >= 0.3 is 6.09 Å². The van der Waals surface area contributed by atoms with E-state index in [1.807, 2.05) is 91.9 Å². The molecule has 1 amide bonds. The zero-order valence-electron chi connectivity index (χ0n) is 39.9. The Hall–Kier alpha value is -5.63. The van der Waals surface area contributed by atoms with E-state index in [0.29, 0.717) is 43.3 Å². The first kappa shape index (κ1) is 49.8. The molecule has 8 rings (SSSR count). The van der Waals surface area contributed by atoms with Gasteiger partial charge in [0.05, 0.1) is 38.0 Å². The minimum atomic E-state index is -1.47. The highest BCUT2D eigenvalue weighted by atomic mass is 32.2. The third kappa shape index (κ3) is 11.5. The van der Waals surface area contributed by atoms with Crippen molar-refractivity contribution in [1.29, 1.82) is 0 Å². The van der Waals surface area contributed by atoms with Crippen molar-refractivity contribution in [3.8, 4) is 17.2 Å². The molecule has 11 nitrogen and oxygen atoms in total. The third-order valence-corrected chi connectivity index (χ3v) is 14.4. The first-order valence-corrected chi connectivity index (χ1v) is 25.7. The second-order valence-electron chi connectivity index (χ2n) is 17.9. The standard InChI is InChI=1S/C57H66N2O9S/c1-4-32-65-57-53(59(38-43-21-15-20-41-18-9-10-22-47(41)43)56(62)64-34-33-63-39-40-16-7-6-8-17-40)37-51(58-66-5-2)49-35-42(19-11-13-30-60)48(23-12-14-31-61)54(55(49)57)50-36-45(26-29-52(50)68-57)67-44-24-27-46(69-3)28-25-44/h4,6-10,15-18,20-22,24-29,35-36,42,48,53-55,60-61H,1,5,11-14,19,23,30-34,37-39H2,2-3H3. The van der Waals surface area contributed by atoms with Gasteiger partial charge in [-0.3, -0.25) is 4.90 Å². The van der Waals surface area contributed by atoms with Crippen LogP contribution in [0.4, 0.5) is 4.79 Å². The van der Waals surface area contributed by atoms with Crippen molar-refractivity contribution >= 4 is 34.3 Å². The molecular weight excluding hydrogens is 889 g/mol. The molecule has 5 aromatic rings. The maximum atomic E-state index is 15.2. The van der Waals surface area contributed by atoms with E-state index in [2.05, 4.69) is 49.2 Å². The highest BCUT2D eigenvalue weighted by molar-refractivity contribution is 7.98. The number of allylic oxidation sites excluding steroid dienone is 1. The molecule has 3 aliphatic rings. The number of benzene rings is 5. The maximum absolute atomic E-state index is 15.2. The number of nitrogens with zero attached hydrogens (tertiary/aromatic N) is 2. The van der Waals surface area contributed by atoms with Crippen LogP contribution in [0.25, 0.3) is 10.8 Å². The van der Waals surface area contributed by atoms with E-state index in [0.717, 1.165) is 69.4 Å². The molecule has 6 unspecified atom stereocenters. The Morgan fingerprint density at radius 2 is 1.65 bits per heavy atom. The normalized spacial score (nSPS) is 21.9. The average molecular weight is 955 g/mol. The summed E-state index contributed by atoms with van der Waals surface area (Å²) in [4.78, 5) is 24.1. The minimum absolute atomic E-state index is 0.0248. The molecule has 12 heteroatoms. The molecule has 2 aliphatic carbocycles. The summed E-state index contributed by atoms with van der Waals surface area (Å²) < 4.78 is 33.5. The van der Waals surface area contributed by atoms with E-state index in [1.165, 1.54) is 0 Å². The van der Waals surface area contributed by atoms with Crippen LogP contribution in [-0.2, 0) is 32.2 Å². The fourth-order valence-electron chi connectivity index (χ4n) is 10.6. The zero-order chi connectivity index (χ0) is 48.0. The summed E-state index contributed by atoms with van der Waals surface area (Å²) in [7, 11) is 0. The van der Waals surface area contributed by atoms with E-state index in [4.69, 9.17) is 33.7 Å². The van der Waals surface area contributed by atoms with Gasteiger partial charge in [0.2, 0.25) is 5.79 Å². The summed E-state index contributed by atoms with van der Waals surface area (Å²) in [6.07, 6.45) is 10.4. The number of ether oxygens (including phenoxy) is 5. The molecule has 5 aromatic carbocycles. The molecule has 69 heavy (non-hydrogen) atoms. The van der Waals surface area contributed by atoms with Gasteiger partial charge in [-0.15, -0.1) is 18.3 Å². The van der Waals surface area contributed by atoms with Crippen molar-refractivity contribution in [1.82, 2.24) is 4.90 Å². The molecule has 6 atom stereocenters. The molecule has 0 bridgehead atoms. The molecule has 0 saturated heterocycles. The van der Waals surface area contributed by atoms with Crippen LogP contribution in [0.15, 0.2) is 150 Å².